The molecule has 0 radical (unpaired) electrons. The zero-order valence-electron chi connectivity index (χ0n) is 11.2. The van der Waals surface area contributed by atoms with Gasteiger partial charge in [0.05, 0.1) is 0 Å². The molecule has 0 heterocycles. The van der Waals surface area contributed by atoms with Crippen LogP contribution in [0.4, 0.5) is 0 Å². The SMILES string of the molecule is CC1(C(=O)CC2Cc3ccccc32)CCCCC1. The van der Waals surface area contributed by atoms with Gasteiger partial charge < -0.3 is 0 Å². The maximum Gasteiger partial charge on any atom is 0.139 e. The van der Waals surface area contributed by atoms with Gasteiger partial charge in [-0.3, -0.25) is 4.79 Å². The minimum absolute atomic E-state index is 0.0111. The lowest BCUT2D eigenvalue weighted by atomic mass is 9.67. The number of Topliss-reactive ketones (excluding diaryl/α,β-unsaturated/α-hetero) is 1. The lowest BCUT2D eigenvalue weighted by molar-refractivity contribution is -0.130. The molecule has 1 aromatic rings. The number of hydrogen-bond donors (Lipinski definition) is 0. The van der Waals surface area contributed by atoms with Gasteiger partial charge in [0.25, 0.3) is 0 Å². The summed E-state index contributed by atoms with van der Waals surface area (Å²) in [7, 11) is 0. The highest BCUT2D eigenvalue weighted by Gasteiger charge is 2.37. The summed E-state index contributed by atoms with van der Waals surface area (Å²) in [5.41, 5.74) is 2.86. The first-order valence-electron chi connectivity index (χ1n) is 7.30. The summed E-state index contributed by atoms with van der Waals surface area (Å²) in [4.78, 5) is 12.5. The molecule has 0 spiro atoms. The molecule has 3 rings (SSSR count). The Morgan fingerprint density at radius 1 is 1.22 bits per heavy atom. The predicted molar refractivity (Wildman–Crippen MR) is 73.7 cm³/mol. The van der Waals surface area contributed by atoms with Crippen LogP contribution in [0, 0.1) is 5.41 Å². The standard InChI is InChI=1S/C17H22O/c1-17(9-5-2-6-10-17)16(18)12-14-11-13-7-3-4-8-15(13)14/h3-4,7-8,14H,2,5-6,9-12H2,1H3. The molecule has 1 heteroatoms. The molecule has 96 valence electrons. The van der Waals surface area contributed by atoms with Gasteiger partial charge in [-0.1, -0.05) is 50.5 Å². The van der Waals surface area contributed by atoms with Crippen LogP contribution in [-0.4, -0.2) is 5.78 Å². The van der Waals surface area contributed by atoms with Gasteiger partial charge >= 0.3 is 0 Å². The highest BCUT2D eigenvalue weighted by Crippen LogP contribution is 2.43. The fourth-order valence-electron chi connectivity index (χ4n) is 3.63. The first-order valence-corrected chi connectivity index (χ1v) is 7.30. The van der Waals surface area contributed by atoms with Crippen LogP contribution in [-0.2, 0) is 11.2 Å². The number of carbonyl (C=O) groups is 1. The van der Waals surface area contributed by atoms with E-state index in [0.29, 0.717) is 11.7 Å². The normalized spacial score (nSPS) is 25.1. The number of benzene rings is 1. The fourth-order valence-corrected chi connectivity index (χ4v) is 3.63. The van der Waals surface area contributed by atoms with Crippen molar-refractivity contribution in [2.24, 2.45) is 5.41 Å². The van der Waals surface area contributed by atoms with Gasteiger partial charge in [-0.15, -0.1) is 0 Å². The molecule has 1 aromatic carbocycles. The highest BCUT2D eigenvalue weighted by molar-refractivity contribution is 5.85. The molecule has 1 fully saturated rings. The van der Waals surface area contributed by atoms with Gasteiger partial charge in [-0.2, -0.15) is 0 Å². The topological polar surface area (TPSA) is 17.1 Å². The van der Waals surface area contributed by atoms with Crippen molar-refractivity contribution in [3.05, 3.63) is 35.4 Å². The molecule has 0 bridgehead atoms. The fraction of sp³-hybridized carbons (Fsp3) is 0.588. The number of ketones is 1. The molecule has 0 saturated heterocycles. The van der Waals surface area contributed by atoms with E-state index < -0.39 is 0 Å². The molecule has 1 unspecified atom stereocenters. The third kappa shape index (κ3) is 2.00. The van der Waals surface area contributed by atoms with Crippen LogP contribution in [0.25, 0.3) is 0 Å². The Labute approximate surface area is 110 Å². The Kier molecular flexibility index (Phi) is 3.01. The van der Waals surface area contributed by atoms with Crippen LogP contribution < -0.4 is 0 Å². The van der Waals surface area contributed by atoms with E-state index >= 15 is 0 Å². The first-order chi connectivity index (χ1) is 8.69. The van der Waals surface area contributed by atoms with Gasteiger partial charge in [0, 0.05) is 11.8 Å². The molecule has 1 nitrogen and oxygen atoms in total. The van der Waals surface area contributed by atoms with Crippen molar-refractivity contribution in [1.82, 2.24) is 0 Å². The molecule has 1 saturated carbocycles. The average Bonchev–Trinajstić information content (AvgIpc) is 2.36. The van der Waals surface area contributed by atoms with E-state index in [-0.39, 0.29) is 5.41 Å². The molecular formula is C17H22O. The lowest BCUT2D eigenvalue weighted by Gasteiger charge is -2.36. The third-order valence-electron chi connectivity index (χ3n) is 5.02. The van der Waals surface area contributed by atoms with E-state index in [1.807, 2.05) is 0 Å². The van der Waals surface area contributed by atoms with Crippen LogP contribution in [0.1, 0.15) is 62.5 Å². The van der Waals surface area contributed by atoms with Gasteiger partial charge in [-0.25, -0.2) is 0 Å². The summed E-state index contributed by atoms with van der Waals surface area (Å²) in [6.45, 7) is 2.19. The van der Waals surface area contributed by atoms with Crippen LogP contribution in [0.3, 0.4) is 0 Å². The Hall–Kier alpha value is -1.11. The second-order valence-corrected chi connectivity index (χ2v) is 6.35. The van der Waals surface area contributed by atoms with Gasteiger partial charge in [0.1, 0.15) is 5.78 Å². The van der Waals surface area contributed by atoms with Crippen molar-refractivity contribution in [3.8, 4) is 0 Å². The van der Waals surface area contributed by atoms with Crippen molar-refractivity contribution in [1.29, 1.82) is 0 Å². The smallest absolute Gasteiger partial charge is 0.139 e. The van der Waals surface area contributed by atoms with E-state index in [1.165, 1.54) is 30.4 Å². The van der Waals surface area contributed by atoms with Crippen molar-refractivity contribution in [2.45, 2.75) is 57.8 Å². The van der Waals surface area contributed by atoms with Crippen molar-refractivity contribution >= 4 is 5.78 Å². The summed E-state index contributed by atoms with van der Waals surface area (Å²) < 4.78 is 0. The number of fused-ring (bicyclic) bond motifs is 1. The number of rotatable bonds is 3. The zero-order chi connectivity index (χ0) is 12.6. The largest absolute Gasteiger partial charge is 0.299 e. The maximum absolute atomic E-state index is 12.5. The predicted octanol–water partition coefficient (Wildman–Crippen LogP) is 4.26. The van der Waals surface area contributed by atoms with Gasteiger partial charge in [0.15, 0.2) is 0 Å². The van der Waals surface area contributed by atoms with E-state index in [0.717, 1.165) is 25.7 Å². The Morgan fingerprint density at radius 3 is 2.67 bits per heavy atom. The number of hydrogen-bond acceptors (Lipinski definition) is 1. The summed E-state index contributed by atoms with van der Waals surface area (Å²) >= 11 is 0. The molecule has 0 amide bonds. The summed E-state index contributed by atoms with van der Waals surface area (Å²) in [6, 6.07) is 8.58. The van der Waals surface area contributed by atoms with Crippen LogP contribution >= 0.6 is 0 Å². The third-order valence-corrected chi connectivity index (χ3v) is 5.02. The monoisotopic (exact) mass is 242 g/mol. The first kappa shape index (κ1) is 12.0. The molecule has 18 heavy (non-hydrogen) atoms. The second kappa shape index (κ2) is 4.53. The quantitative estimate of drug-likeness (QED) is 0.774. The van der Waals surface area contributed by atoms with Gasteiger partial charge in [0.2, 0.25) is 0 Å². The minimum atomic E-state index is -0.0111. The molecule has 1 atom stereocenters. The summed E-state index contributed by atoms with van der Waals surface area (Å²) in [6.07, 6.45) is 7.90. The second-order valence-electron chi connectivity index (χ2n) is 6.35. The minimum Gasteiger partial charge on any atom is -0.299 e. The molecule has 0 aromatic heterocycles. The molecular weight excluding hydrogens is 220 g/mol. The van der Waals surface area contributed by atoms with Crippen LogP contribution in [0.15, 0.2) is 24.3 Å². The Bertz CT molecular complexity index is 454. The molecule has 2 aliphatic carbocycles. The molecule has 0 N–H and O–H groups in total. The summed E-state index contributed by atoms with van der Waals surface area (Å²) in [5, 5.41) is 0. The highest BCUT2D eigenvalue weighted by atomic mass is 16.1. The number of carbonyl (C=O) groups excluding carboxylic acids is 1. The van der Waals surface area contributed by atoms with E-state index in [1.54, 1.807) is 0 Å². The average molecular weight is 242 g/mol. The van der Waals surface area contributed by atoms with E-state index in [4.69, 9.17) is 0 Å². The Morgan fingerprint density at radius 2 is 1.94 bits per heavy atom. The summed E-state index contributed by atoms with van der Waals surface area (Å²) in [5.74, 6) is 1.02. The van der Waals surface area contributed by atoms with Crippen molar-refractivity contribution < 1.29 is 4.79 Å². The molecule has 2 aliphatic rings. The van der Waals surface area contributed by atoms with Gasteiger partial charge in [-0.05, 0) is 36.3 Å². The van der Waals surface area contributed by atoms with Crippen molar-refractivity contribution in [2.75, 3.05) is 0 Å². The van der Waals surface area contributed by atoms with E-state index in [9.17, 15) is 4.79 Å². The van der Waals surface area contributed by atoms with Crippen LogP contribution in [0.5, 0.6) is 0 Å². The zero-order valence-corrected chi connectivity index (χ0v) is 11.2. The maximum atomic E-state index is 12.5. The Balaban J connectivity index is 1.66. The van der Waals surface area contributed by atoms with E-state index in [2.05, 4.69) is 31.2 Å². The lowest BCUT2D eigenvalue weighted by Crippen LogP contribution is -2.33. The van der Waals surface area contributed by atoms with Crippen molar-refractivity contribution in [3.63, 3.8) is 0 Å². The van der Waals surface area contributed by atoms with Crippen LogP contribution in [0.2, 0.25) is 0 Å². The molecule has 0 aliphatic heterocycles.